The van der Waals surface area contributed by atoms with Crippen LogP contribution in [0.4, 0.5) is 5.82 Å². The number of nitrogens with zero attached hydrogens (tertiary/aromatic N) is 1. The quantitative estimate of drug-likeness (QED) is 0.701. The first kappa shape index (κ1) is 16.6. The molecule has 2 N–H and O–H groups in total. The number of aromatic nitrogens is 2. The van der Waals surface area contributed by atoms with Crippen LogP contribution in [0.15, 0.2) is 48.5 Å². The summed E-state index contributed by atoms with van der Waals surface area (Å²) in [6, 6.07) is 16.6. The number of aromatic amines is 1. The number of anilines is 1. The molecule has 4 rings (SSSR count). The summed E-state index contributed by atoms with van der Waals surface area (Å²) in [5, 5.41) is 10.1. The van der Waals surface area contributed by atoms with Crippen LogP contribution in [0.25, 0.3) is 11.1 Å². The summed E-state index contributed by atoms with van der Waals surface area (Å²) < 4.78 is 0. The number of benzene rings is 2. The first-order chi connectivity index (χ1) is 12.6. The molecule has 26 heavy (non-hydrogen) atoms. The predicted octanol–water partition coefficient (Wildman–Crippen LogP) is 4.75. The highest BCUT2D eigenvalue weighted by Crippen LogP contribution is 2.39. The molecule has 1 heterocycles. The van der Waals surface area contributed by atoms with E-state index in [0.29, 0.717) is 18.2 Å². The van der Waals surface area contributed by atoms with Crippen LogP contribution in [-0.2, 0) is 11.2 Å². The molecule has 1 fully saturated rings. The van der Waals surface area contributed by atoms with Crippen molar-refractivity contribution in [1.82, 2.24) is 10.2 Å². The van der Waals surface area contributed by atoms with E-state index in [9.17, 15) is 4.79 Å². The maximum absolute atomic E-state index is 12.3. The van der Waals surface area contributed by atoms with Crippen molar-refractivity contribution in [2.24, 2.45) is 0 Å². The number of rotatable bonds is 5. The summed E-state index contributed by atoms with van der Waals surface area (Å²) in [5.41, 5.74) is 7.04. The Morgan fingerprint density at radius 2 is 1.88 bits per heavy atom. The van der Waals surface area contributed by atoms with Crippen molar-refractivity contribution in [2.75, 3.05) is 5.32 Å². The summed E-state index contributed by atoms with van der Waals surface area (Å²) in [4.78, 5) is 12.3. The number of carbonyl (C=O) groups is 1. The lowest BCUT2D eigenvalue weighted by Crippen LogP contribution is -2.14. The van der Waals surface area contributed by atoms with Crippen LogP contribution in [-0.4, -0.2) is 16.1 Å². The standard InChI is InChI=1S/C22H23N3O/c1-14-3-4-15(2)19(11-14)17-7-5-16(6-8-17)12-22(26)23-21-13-20(24-25-21)18-9-10-18/h3-8,11,13,18H,9-10,12H2,1-2H3,(H2,23,24,25,26). The van der Waals surface area contributed by atoms with E-state index in [0.717, 1.165) is 11.3 Å². The Hall–Kier alpha value is -2.88. The molecular formula is C22H23N3O. The average Bonchev–Trinajstić information content (AvgIpc) is 3.38. The molecule has 0 unspecified atom stereocenters. The van der Waals surface area contributed by atoms with Crippen molar-refractivity contribution >= 4 is 11.7 Å². The zero-order chi connectivity index (χ0) is 18.1. The Kier molecular flexibility index (Phi) is 4.33. The van der Waals surface area contributed by atoms with Crippen molar-refractivity contribution in [3.8, 4) is 11.1 Å². The summed E-state index contributed by atoms with van der Waals surface area (Å²) in [6.45, 7) is 4.22. The molecular weight excluding hydrogens is 322 g/mol. The van der Waals surface area contributed by atoms with Gasteiger partial charge in [0.05, 0.1) is 6.42 Å². The first-order valence-electron chi connectivity index (χ1n) is 9.10. The van der Waals surface area contributed by atoms with Crippen molar-refractivity contribution in [1.29, 1.82) is 0 Å². The normalized spacial score (nSPS) is 13.6. The van der Waals surface area contributed by atoms with Crippen LogP contribution in [0.2, 0.25) is 0 Å². The second-order valence-electron chi connectivity index (χ2n) is 7.22. The third-order valence-electron chi connectivity index (χ3n) is 4.91. The van der Waals surface area contributed by atoms with E-state index in [1.54, 1.807) is 0 Å². The van der Waals surface area contributed by atoms with Gasteiger partial charge in [0.25, 0.3) is 0 Å². The Bertz CT molecular complexity index is 936. The maximum atomic E-state index is 12.3. The van der Waals surface area contributed by atoms with Crippen molar-refractivity contribution < 1.29 is 4.79 Å². The molecule has 0 radical (unpaired) electrons. The van der Waals surface area contributed by atoms with E-state index in [1.165, 1.54) is 35.1 Å². The number of nitrogens with one attached hydrogen (secondary N) is 2. The van der Waals surface area contributed by atoms with Gasteiger partial charge in [0.1, 0.15) is 0 Å². The smallest absolute Gasteiger partial charge is 0.229 e. The molecule has 3 aromatic rings. The van der Waals surface area contributed by atoms with Crippen LogP contribution >= 0.6 is 0 Å². The largest absolute Gasteiger partial charge is 0.309 e. The van der Waals surface area contributed by atoms with Gasteiger partial charge in [0, 0.05) is 17.7 Å². The van der Waals surface area contributed by atoms with Gasteiger partial charge in [0.15, 0.2) is 5.82 Å². The number of hydrogen-bond donors (Lipinski definition) is 2. The summed E-state index contributed by atoms with van der Waals surface area (Å²) >= 11 is 0. The Labute approximate surface area is 153 Å². The lowest BCUT2D eigenvalue weighted by atomic mass is 9.97. The monoisotopic (exact) mass is 345 g/mol. The minimum atomic E-state index is -0.0432. The second kappa shape index (κ2) is 6.79. The van der Waals surface area contributed by atoms with Crippen molar-refractivity contribution in [3.05, 3.63) is 70.9 Å². The Balaban J connectivity index is 1.41. The van der Waals surface area contributed by atoms with Gasteiger partial charge < -0.3 is 5.32 Å². The molecule has 1 aromatic heterocycles. The topological polar surface area (TPSA) is 57.8 Å². The van der Waals surface area contributed by atoms with Crippen molar-refractivity contribution in [2.45, 2.75) is 39.0 Å². The number of carbonyl (C=O) groups excluding carboxylic acids is 1. The third kappa shape index (κ3) is 3.69. The number of hydrogen-bond acceptors (Lipinski definition) is 2. The zero-order valence-corrected chi connectivity index (χ0v) is 15.2. The fraction of sp³-hybridized carbons (Fsp3) is 0.273. The van der Waals surface area contributed by atoms with E-state index in [1.807, 2.05) is 18.2 Å². The minimum absolute atomic E-state index is 0.0432. The molecule has 4 heteroatoms. The molecule has 0 spiro atoms. The highest BCUT2D eigenvalue weighted by Gasteiger charge is 2.25. The van der Waals surface area contributed by atoms with E-state index in [2.05, 4.69) is 59.7 Å². The van der Waals surface area contributed by atoms with Crippen LogP contribution in [0, 0.1) is 13.8 Å². The maximum Gasteiger partial charge on any atom is 0.229 e. The summed E-state index contributed by atoms with van der Waals surface area (Å²) in [6.07, 6.45) is 2.77. The van der Waals surface area contributed by atoms with E-state index >= 15 is 0 Å². The van der Waals surface area contributed by atoms with Crippen LogP contribution in [0.1, 0.15) is 41.1 Å². The lowest BCUT2D eigenvalue weighted by Gasteiger charge is -2.09. The molecule has 0 aliphatic heterocycles. The van der Waals surface area contributed by atoms with Crippen LogP contribution in [0.5, 0.6) is 0 Å². The molecule has 1 amide bonds. The van der Waals surface area contributed by atoms with Crippen molar-refractivity contribution in [3.63, 3.8) is 0 Å². The van der Waals surface area contributed by atoms with Gasteiger partial charge in [0.2, 0.25) is 5.91 Å². The second-order valence-corrected chi connectivity index (χ2v) is 7.22. The van der Waals surface area contributed by atoms with Gasteiger partial charge in [-0.15, -0.1) is 0 Å². The molecule has 1 saturated carbocycles. The molecule has 0 bridgehead atoms. The highest BCUT2D eigenvalue weighted by molar-refractivity contribution is 5.91. The lowest BCUT2D eigenvalue weighted by molar-refractivity contribution is -0.115. The molecule has 1 aliphatic carbocycles. The molecule has 132 valence electrons. The SMILES string of the molecule is Cc1ccc(C)c(-c2ccc(CC(=O)Nc3cc(C4CC4)[nH]n3)cc2)c1. The third-order valence-corrected chi connectivity index (χ3v) is 4.91. The molecule has 2 aromatic carbocycles. The van der Waals surface area contributed by atoms with Gasteiger partial charge in [-0.05, 0) is 48.9 Å². The van der Waals surface area contributed by atoms with Gasteiger partial charge in [-0.1, -0.05) is 48.0 Å². The van der Waals surface area contributed by atoms with Crippen LogP contribution in [0.3, 0.4) is 0 Å². The number of aryl methyl sites for hydroxylation is 2. The molecule has 4 nitrogen and oxygen atoms in total. The van der Waals surface area contributed by atoms with Gasteiger partial charge in [-0.2, -0.15) is 5.10 Å². The van der Waals surface area contributed by atoms with Crippen LogP contribution < -0.4 is 5.32 Å². The Morgan fingerprint density at radius 1 is 1.12 bits per heavy atom. The van der Waals surface area contributed by atoms with Gasteiger partial charge in [-0.25, -0.2) is 0 Å². The molecule has 0 saturated heterocycles. The first-order valence-corrected chi connectivity index (χ1v) is 9.10. The number of amides is 1. The average molecular weight is 345 g/mol. The fourth-order valence-corrected chi connectivity index (χ4v) is 3.23. The van der Waals surface area contributed by atoms with Gasteiger partial charge >= 0.3 is 0 Å². The highest BCUT2D eigenvalue weighted by atomic mass is 16.1. The zero-order valence-electron chi connectivity index (χ0n) is 15.2. The van der Waals surface area contributed by atoms with E-state index < -0.39 is 0 Å². The predicted molar refractivity (Wildman–Crippen MR) is 104 cm³/mol. The van der Waals surface area contributed by atoms with Gasteiger partial charge in [-0.3, -0.25) is 9.89 Å². The molecule has 0 atom stereocenters. The molecule has 1 aliphatic rings. The Morgan fingerprint density at radius 3 is 2.62 bits per heavy atom. The minimum Gasteiger partial charge on any atom is -0.309 e. The van der Waals surface area contributed by atoms with E-state index in [4.69, 9.17) is 0 Å². The summed E-state index contributed by atoms with van der Waals surface area (Å²) in [5.74, 6) is 1.17. The van der Waals surface area contributed by atoms with E-state index in [-0.39, 0.29) is 5.91 Å². The number of H-pyrrole nitrogens is 1. The summed E-state index contributed by atoms with van der Waals surface area (Å²) in [7, 11) is 0. The fourth-order valence-electron chi connectivity index (χ4n) is 3.23.